The molecule has 0 radical (unpaired) electrons. The zero-order chi connectivity index (χ0) is 27.2. The van der Waals surface area contributed by atoms with E-state index in [4.69, 9.17) is 5.26 Å². The highest BCUT2D eigenvalue weighted by atomic mass is 32.2. The summed E-state index contributed by atoms with van der Waals surface area (Å²) in [6.45, 7) is 8.79. The molecule has 0 saturated heterocycles. The highest BCUT2D eigenvalue weighted by molar-refractivity contribution is 7.99. The Bertz CT molecular complexity index is 1070. The molecular formula is C27H41N7S4. The van der Waals surface area contributed by atoms with Gasteiger partial charge in [0.25, 0.3) is 0 Å². The van der Waals surface area contributed by atoms with Crippen molar-refractivity contribution >= 4 is 58.1 Å². The van der Waals surface area contributed by atoms with E-state index in [1.165, 1.54) is 47.4 Å². The van der Waals surface area contributed by atoms with E-state index in [-0.39, 0.29) is 0 Å². The normalized spacial score (nSPS) is 16.5. The summed E-state index contributed by atoms with van der Waals surface area (Å²) in [5.74, 6) is 2.97. The summed E-state index contributed by atoms with van der Waals surface area (Å²) < 4.78 is 17.9. The van der Waals surface area contributed by atoms with Crippen molar-refractivity contribution in [2.45, 2.75) is 68.8 Å². The first-order valence-corrected chi connectivity index (χ1v) is 17.0. The minimum absolute atomic E-state index is 0.651. The molecule has 0 aromatic carbocycles. The molecule has 0 saturated carbocycles. The summed E-state index contributed by atoms with van der Waals surface area (Å²) in [5.41, 5.74) is 4.87. The van der Waals surface area contributed by atoms with Crippen LogP contribution in [0, 0.1) is 17.2 Å². The molecule has 4 rings (SSSR count). The first-order chi connectivity index (χ1) is 18.5. The van der Waals surface area contributed by atoms with Gasteiger partial charge in [0, 0.05) is 38.4 Å². The molecule has 0 unspecified atom stereocenters. The molecule has 0 atom stereocenters. The van der Waals surface area contributed by atoms with Crippen molar-refractivity contribution < 1.29 is 0 Å². The SMILES string of the molecule is CCC(CC)CSc1nsnc1C1=CCCN(C)C1.CN1CCC=C(c2nsnc2SCCCCC#N)C1. The Morgan fingerprint density at radius 3 is 1.92 bits per heavy atom. The lowest BCUT2D eigenvalue weighted by Gasteiger charge is -2.22. The van der Waals surface area contributed by atoms with E-state index in [0.29, 0.717) is 6.42 Å². The number of hydrogen-bond acceptors (Lipinski definition) is 11. The largest absolute Gasteiger partial charge is 0.302 e. The lowest BCUT2D eigenvalue weighted by Crippen LogP contribution is -2.25. The fraction of sp³-hybridized carbons (Fsp3) is 0.667. The van der Waals surface area contributed by atoms with Crippen LogP contribution in [0.5, 0.6) is 0 Å². The molecule has 0 bridgehead atoms. The van der Waals surface area contributed by atoms with Crippen molar-refractivity contribution in [3.8, 4) is 6.07 Å². The van der Waals surface area contributed by atoms with Crippen molar-refractivity contribution in [3.63, 3.8) is 0 Å². The molecule has 7 nitrogen and oxygen atoms in total. The fourth-order valence-electron chi connectivity index (χ4n) is 4.27. The maximum atomic E-state index is 8.50. The highest BCUT2D eigenvalue weighted by Gasteiger charge is 2.19. The van der Waals surface area contributed by atoms with Crippen LogP contribution in [0.25, 0.3) is 11.1 Å². The van der Waals surface area contributed by atoms with Gasteiger partial charge in [0.15, 0.2) is 0 Å². The van der Waals surface area contributed by atoms with E-state index in [2.05, 4.69) is 73.5 Å². The van der Waals surface area contributed by atoms with Gasteiger partial charge in [0.05, 0.1) is 29.5 Å². The quantitative estimate of drug-likeness (QED) is 0.195. The van der Waals surface area contributed by atoms with Crippen molar-refractivity contribution in [1.29, 1.82) is 5.26 Å². The van der Waals surface area contributed by atoms with Crippen LogP contribution in [0.4, 0.5) is 0 Å². The van der Waals surface area contributed by atoms with E-state index in [1.54, 1.807) is 11.8 Å². The Balaban J connectivity index is 0.000000211. The number of hydrogen-bond donors (Lipinski definition) is 0. The first kappa shape index (κ1) is 31.2. The molecule has 38 heavy (non-hydrogen) atoms. The zero-order valence-corrected chi connectivity index (χ0v) is 26.5. The maximum absolute atomic E-state index is 8.50. The molecule has 0 spiro atoms. The Morgan fingerprint density at radius 2 is 1.42 bits per heavy atom. The Morgan fingerprint density at radius 1 is 0.868 bits per heavy atom. The van der Waals surface area contributed by atoms with Crippen LogP contribution >= 0.6 is 47.0 Å². The van der Waals surface area contributed by atoms with Gasteiger partial charge in [-0.2, -0.15) is 22.8 Å². The number of rotatable bonds is 12. The average molecular weight is 592 g/mol. The van der Waals surface area contributed by atoms with Gasteiger partial charge >= 0.3 is 0 Å². The lowest BCUT2D eigenvalue weighted by molar-refractivity contribution is 0.372. The second-order valence-electron chi connectivity index (χ2n) is 9.80. The summed E-state index contributed by atoms with van der Waals surface area (Å²) in [4.78, 5) is 4.67. The number of nitrogens with zero attached hydrogens (tertiary/aromatic N) is 7. The van der Waals surface area contributed by atoms with Gasteiger partial charge in [-0.3, -0.25) is 0 Å². The molecule has 208 valence electrons. The van der Waals surface area contributed by atoms with E-state index < -0.39 is 0 Å². The minimum atomic E-state index is 0.651. The van der Waals surface area contributed by atoms with Crippen LogP contribution in [0.3, 0.4) is 0 Å². The molecule has 0 aliphatic carbocycles. The van der Waals surface area contributed by atoms with Crippen LogP contribution in [0.2, 0.25) is 0 Å². The second-order valence-corrected chi connectivity index (χ2v) is 13.0. The summed E-state index contributed by atoms with van der Waals surface area (Å²) in [6.07, 6.45) is 12.0. The van der Waals surface area contributed by atoms with E-state index in [9.17, 15) is 0 Å². The Labute approximate surface area is 245 Å². The molecular weight excluding hydrogens is 551 g/mol. The van der Waals surface area contributed by atoms with Crippen molar-refractivity contribution in [2.75, 3.05) is 51.8 Å². The van der Waals surface area contributed by atoms with E-state index in [0.717, 1.165) is 90.7 Å². The number of thioether (sulfide) groups is 2. The summed E-state index contributed by atoms with van der Waals surface area (Å²) in [5, 5.41) is 10.7. The third-order valence-electron chi connectivity index (χ3n) is 6.74. The van der Waals surface area contributed by atoms with Crippen LogP contribution in [-0.4, -0.2) is 79.1 Å². The number of likely N-dealkylation sites (N-methyl/N-ethyl adjacent to an activating group) is 2. The lowest BCUT2D eigenvalue weighted by atomic mass is 10.1. The third-order valence-corrected chi connectivity index (χ3v) is 10.3. The molecule has 4 heterocycles. The summed E-state index contributed by atoms with van der Waals surface area (Å²) in [7, 11) is 4.31. The van der Waals surface area contributed by atoms with Gasteiger partial charge < -0.3 is 9.80 Å². The van der Waals surface area contributed by atoms with E-state index in [1.807, 2.05) is 11.8 Å². The number of nitriles is 1. The van der Waals surface area contributed by atoms with Gasteiger partial charge in [0.2, 0.25) is 0 Å². The standard InChI is InChI=1S/C14H23N3S2.C13H18N4S2/c1-4-11(5-2)10-18-14-13(15-19-16-14)12-7-6-8-17(3)9-12;1-17-8-5-6-11(10-17)12-13(16-19-15-12)18-9-4-2-3-7-14/h7,11H,4-6,8-10H2,1-3H3;6H,2-5,8-10H2,1H3. The van der Waals surface area contributed by atoms with Crippen molar-refractivity contribution in [2.24, 2.45) is 5.92 Å². The number of aromatic nitrogens is 4. The van der Waals surface area contributed by atoms with Crippen molar-refractivity contribution in [3.05, 3.63) is 23.5 Å². The first-order valence-electron chi connectivity index (χ1n) is 13.6. The average Bonchev–Trinajstić information content (AvgIpc) is 3.59. The molecule has 2 aliphatic heterocycles. The minimum Gasteiger partial charge on any atom is -0.302 e. The molecule has 2 aromatic rings. The van der Waals surface area contributed by atoms with E-state index >= 15 is 0 Å². The zero-order valence-electron chi connectivity index (χ0n) is 23.2. The van der Waals surface area contributed by atoms with Crippen LogP contribution in [-0.2, 0) is 0 Å². The smallest absolute Gasteiger partial charge is 0.138 e. The summed E-state index contributed by atoms with van der Waals surface area (Å²) in [6, 6.07) is 2.18. The molecule has 11 heteroatoms. The van der Waals surface area contributed by atoms with Crippen LogP contribution in [0.1, 0.15) is 70.2 Å². The van der Waals surface area contributed by atoms with Crippen molar-refractivity contribution in [1.82, 2.24) is 27.3 Å². The predicted molar refractivity (Wildman–Crippen MR) is 165 cm³/mol. The van der Waals surface area contributed by atoms with Gasteiger partial charge in [-0.05, 0) is 62.6 Å². The highest BCUT2D eigenvalue weighted by Crippen LogP contribution is 2.31. The molecule has 2 aromatic heterocycles. The topological polar surface area (TPSA) is 81.8 Å². The fourth-order valence-corrected chi connectivity index (χ4v) is 8.01. The Hall–Kier alpha value is -1.29. The molecule has 0 N–H and O–H groups in total. The molecule has 0 amide bonds. The van der Waals surface area contributed by atoms with Gasteiger partial charge in [-0.1, -0.05) is 38.8 Å². The summed E-state index contributed by atoms with van der Waals surface area (Å²) >= 11 is 6.30. The van der Waals surface area contributed by atoms with Gasteiger partial charge in [-0.15, -0.1) is 23.5 Å². The van der Waals surface area contributed by atoms with Gasteiger partial charge in [0.1, 0.15) is 21.4 Å². The van der Waals surface area contributed by atoms with Crippen LogP contribution in [0.15, 0.2) is 22.2 Å². The predicted octanol–water partition coefficient (Wildman–Crippen LogP) is 6.83. The monoisotopic (exact) mass is 591 g/mol. The molecule has 0 fully saturated rings. The van der Waals surface area contributed by atoms with Crippen LogP contribution < -0.4 is 0 Å². The Kier molecular flexibility index (Phi) is 14.3. The second kappa shape index (κ2) is 17.4. The van der Waals surface area contributed by atoms with Gasteiger partial charge in [-0.25, -0.2) is 0 Å². The maximum Gasteiger partial charge on any atom is 0.138 e. The third kappa shape index (κ3) is 10.0. The molecule has 2 aliphatic rings. The number of unbranched alkanes of at least 4 members (excludes halogenated alkanes) is 2.